The van der Waals surface area contributed by atoms with E-state index in [0.29, 0.717) is 0 Å². The Bertz CT molecular complexity index is 6.85. The van der Waals surface area contributed by atoms with Crippen LogP contribution in [0, 0.1) is 0 Å². The minimum absolute atomic E-state index is 0. The SMILES string of the molecule is NNNO.O. The van der Waals surface area contributed by atoms with Crippen molar-refractivity contribution in [1.82, 2.24) is 11.1 Å². The molecule has 0 amide bonds. The van der Waals surface area contributed by atoms with Crippen LogP contribution in [0.2, 0.25) is 0 Å². The lowest BCUT2D eigenvalue weighted by molar-refractivity contribution is 0.121. The maximum atomic E-state index is 7.39. The topological polar surface area (TPSA) is 102 Å². The lowest BCUT2D eigenvalue weighted by Gasteiger charge is -1.80. The van der Waals surface area contributed by atoms with Crippen LogP contribution in [0.5, 0.6) is 0 Å². The first-order valence-corrected chi connectivity index (χ1v) is 0.762. The lowest BCUT2D eigenvalue weighted by atomic mass is 12.5. The molecule has 0 spiro atoms. The monoisotopic (exact) mass is 81.1 g/mol. The van der Waals surface area contributed by atoms with E-state index >= 15 is 0 Å². The molecule has 5 nitrogen and oxygen atoms in total. The molecule has 0 fully saturated rings. The van der Waals surface area contributed by atoms with Gasteiger partial charge < -0.3 is 10.7 Å². The highest BCUT2D eigenvalue weighted by Gasteiger charge is 1.44. The fraction of sp³-hybridized carbons (Fsp3) is 0. The summed E-state index contributed by atoms with van der Waals surface area (Å²) in [6, 6.07) is 0. The van der Waals surface area contributed by atoms with Crippen LogP contribution in [-0.2, 0) is 0 Å². The summed E-state index contributed by atoms with van der Waals surface area (Å²) in [5.74, 6) is 4.42. The van der Waals surface area contributed by atoms with Crippen LogP contribution in [0.4, 0.5) is 0 Å². The first-order valence-electron chi connectivity index (χ1n) is 0.762. The number of hydrazine groups is 2. The van der Waals surface area contributed by atoms with E-state index in [2.05, 4.69) is 5.84 Å². The molecule has 0 aliphatic rings. The normalized spacial score (nSPS) is 6.00. The minimum Gasteiger partial charge on any atom is -0.412 e. The van der Waals surface area contributed by atoms with Crippen LogP contribution in [0.1, 0.15) is 0 Å². The zero-order chi connectivity index (χ0) is 3.41. The van der Waals surface area contributed by atoms with E-state index in [9.17, 15) is 0 Å². The molecule has 0 saturated carbocycles. The Hall–Kier alpha value is -0.200. The summed E-state index contributed by atoms with van der Waals surface area (Å²) in [5, 5.41) is 7.39. The first kappa shape index (κ1) is 8.84. The zero-order valence-electron chi connectivity index (χ0n) is 2.52. The molecular weight excluding hydrogens is 74.0 g/mol. The van der Waals surface area contributed by atoms with Crippen molar-refractivity contribution in [2.45, 2.75) is 0 Å². The molecule has 0 aliphatic carbocycles. The summed E-state index contributed by atoms with van der Waals surface area (Å²) in [6.07, 6.45) is 0. The predicted molar refractivity (Wildman–Crippen MR) is 15.9 cm³/mol. The molecule has 0 atom stereocenters. The number of hydrogen-bond donors (Lipinski definition) is 4. The van der Waals surface area contributed by atoms with Gasteiger partial charge in [0.1, 0.15) is 0 Å². The second-order valence-corrected chi connectivity index (χ2v) is 0.256. The largest absolute Gasteiger partial charge is 0.412 e. The van der Waals surface area contributed by atoms with Crippen LogP contribution >= 0.6 is 0 Å². The molecule has 0 unspecified atom stereocenters. The van der Waals surface area contributed by atoms with Crippen LogP contribution < -0.4 is 17.0 Å². The highest BCUT2D eigenvalue weighted by Crippen LogP contribution is 0.957. The Morgan fingerprint density at radius 1 is 1.60 bits per heavy atom. The molecule has 0 aromatic rings. The van der Waals surface area contributed by atoms with Crippen LogP contribution in [0.3, 0.4) is 0 Å². The molecule has 5 heavy (non-hydrogen) atoms. The smallest absolute Gasteiger partial charge is 0.127 e. The Morgan fingerprint density at radius 3 is 1.80 bits per heavy atom. The third kappa shape index (κ3) is 19.2. The summed E-state index contributed by atoms with van der Waals surface area (Å²) in [7, 11) is 0. The van der Waals surface area contributed by atoms with Gasteiger partial charge in [0.2, 0.25) is 0 Å². The fourth-order valence-corrected chi connectivity index (χ4v) is 0. The van der Waals surface area contributed by atoms with Gasteiger partial charge in [-0.3, -0.25) is 5.84 Å². The Balaban J connectivity index is 0. The molecule has 0 aromatic heterocycles. The van der Waals surface area contributed by atoms with Gasteiger partial charge in [-0.05, 0) is 0 Å². The standard InChI is InChI=1S/H5N3O.H2O/c1-2-3-4;/h2-4H,1H2;1H2. The summed E-state index contributed by atoms with van der Waals surface area (Å²) < 4.78 is 0. The quantitative estimate of drug-likeness (QED) is 0.207. The number of hydrogen-bond acceptors (Lipinski definition) is 4. The molecule has 0 bridgehead atoms. The molecule has 34 valence electrons. The van der Waals surface area contributed by atoms with Gasteiger partial charge in [0.25, 0.3) is 0 Å². The molecule has 5 heteroatoms. The summed E-state index contributed by atoms with van der Waals surface area (Å²) in [5.41, 5.74) is 3.19. The van der Waals surface area contributed by atoms with Gasteiger partial charge in [-0.1, -0.05) is 0 Å². The van der Waals surface area contributed by atoms with Crippen LogP contribution in [0.25, 0.3) is 0 Å². The van der Waals surface area contributed by atoms with E-state index in [1.54, 1.807) is 5.53 Å². The summed E-state index contributed by atoms with van der Waals surface area (Å²) >= 11 is 0. The van der Waals surface area contributed by atoms with Crippen molar-refractivity contribution in [3.8, 4) is 0 Å². The maximum absolute atomic E-state index is 7.39. The minimum atomic E-state index is 0. The van der Waals surface area contributed by atoms with Crippen molar-refractivity contribution >= 4 is 0 Å². The number of rotatable bonds is 1. The highest BCUT2D eigenvalue weighted by atomic mass is 16.5. The van der Waals surface area contributed by atoms with Gasteiger partial charge in [-0.15, -0.1) is 5.59 Å². The van der Waals surface area contributed by atoms with Gasteiger partial charge in [0.15, 0.2) is 0 Å². The molecule has 0 saturated heterocycles. The third-order valence-electron chi connectivity index (χ3n) is 0.0645. The Morgan fingerprint density at radius 2 is 1.80 bits per heavy atom. The average molecular weight is 81.1 g/mol. The maximum Gasteiger partial charge on any atom is -0.127 e. The summed E-state index contributed by atoms with van der Waals surface area (Å²) in [6.45, 7) is 0. The van der Waals surface area contributed by atoms with E-state index in [-0.39, 0.29) is 5.48 Å². The van der Waals surface area contributed by atoms with Gasteiger partial charge >= 0.3 is 0 Å². The van der Waals surface area contributed by atoms with E-state index in [1.807, 2.05) is 0 Å². The Kier molecular flexibility index (Phi) is 16.3. The number of nitrogens with two attached hydrogens (primary N) is 1. The van der Waals surface area contributed by atoms with E-state index < -0.39 is 0 Å². The molecule has 0 heterocycles. The Labute approximate surface area is 29.0 Å². The predicted octanol–water partition coefficient (Wildman–Crippen LogP) is -2.48. The van der Waals surface area contributed by atoms with Crippen molar-refractivity contribution in [3.63, 3.8) is 0 Å². The summed E-state index contributed by atoms with van der Waals surface area (Å²) in [4.78, 5) is 0. The molecule has 0 radical (unpaired) electrons. The second-order valence-electron chi connectivity index (χ2n) is 0.256. The van der Waals surface area contributed by atoms with E-state index in [0.717, 1.165) is 0 Å². The second kappa shape index (κ2) is 9.20. The average Bonchev–Trinajstić information content (AvgIpc) is 1.37. The van der Waals surface area contributed by atoms with Gasteiger partial charge in [-0.2, -0.15) is 5.53 Å². The first-order chi connectivity index (χ1) is 1.91. The van der Waals surface area contributed by atoms with Crippen molar-refractivity contribution in [2.24, 2.45) is 5.84 Å². The van der Waals surface area contributed by atoms with E-state index in [4.69, 9.17) is 5.21 Å². The van der Waals surface area contributed by atoms with Crippen molar-refractivity contribution in [3.05, 3.63) is 0 Å². The van der Waals surface area contributed by atoms with Crippen molar-refractivity contribution < 1.29 is 10.7 Å². The highest BCUT2D eigenvalue weighted by molar-refractivity contribution is 3.71. The molecular formula is H7N3O2. The van der Waals surface area contributed by atoms with Crippen LogP contribution in [-0.4, -0.2) is 10.7 Å². The number of nitrogens with one attached hydrogen (secondary N) is 2. The zero-order valence-corrected chi connectivity index (χ0v) is 2.52. The lowest BCUT2D eigenvalue weighted by Crippen LogP contribution is -2.34. The van der Waals surface area contributed by atoms with Gasteiger partial charge in [-0.25, -0.2) is 0 Å². The fourth-order valence-electron chi connectivity index (χ4n) is 0. The molecule has 7 N–H and O–H groups in total. The van der Waals surface area contributed by atoms with Gasteiger partial charge in [0.05, 0.1) is 0 Å². The van der Waals surface area contributed by atoms with Crippen molar-refractivity contribution in [1.29, 1.82) is 0 Å². The van der Waals surface area contributed by atoms with Gasteiger partial charge in [0, 0.05) is 0 Å². The molecule has 0 aromatic carbocycles. The molecule has 0 rings (SSSR count). The van der Waals surface area contributed by atoms with E-state index in [1.165, 1.54) is 5.59 Å². The van der Waals surface area contributed by atoms with Crippen LogP contribution in [0.15, 0.2) is 0 Å². The molecule has 0 aliphatic heterocycles. The van der Waals surface area contributed by atoms with Crippen molar-refractivity contribution in [2.75, 3.05) is 0 Å². The third-order valence-corrected chi connectivity index (χ3v) is 0.0645.